The van der Waals surface area contributed by atoms with E-state index in [0.29, 0.717) is 5.92 Å². The maximum Gasteiger partial charge on any atom is 0.0667 e. The van der Waals surface area contributed by atoms with E-state index in [-0.39, 0.29) is 0 Å². The highest BCUT2D eigenvalue weighted by Crippen LogP contribution is 2.34. The number of nitrogens with zero attached hydrogens (tertiary/aromatic N) is 1. The van der Waals surface area contributed by atoms with E-state index in [2.05, 4.69) is 37.0 Å². The summed E-state index contributed by atoms with van der Waals surface area (Å²) in [5, 5.41) is 0. The Kier molecular flexibility index (Phi) is 1.31. The zero-order chi connectivity index (χ0) is 7.84. The van der Waals surface area contributed by atoms with Crippen molar-refractivity contribution in [3.05, 3.63) is 29.8 Å². The predicted molar refractivity (Wildman–Crippen MR) is 47.6 cm³/mol. The Morgan fingerprint density at radius 2 is 2.00 bits per heavy atom. The Morgan fingerprint density at radius 3 is 2.73 bits per heavy atom. The van der Waals surface area contributed by atoms with Crippen molar-refractivity contribution >= 4 is 11.4 Å². The molecule has 0 unspecified atom stereocenters. The molecule has 0 aromatic heterocycles. The Bertz CT molecular complexity index is 312. The molecule has 1 aliphatic heterocycles. The molecule has 0 aliphatic carbocycles. The molecule has 0 saturated carbocycles. The minimum Gasteiger partial charge on any atom is -0.257 e. The number of para-hydroxylation sites is 1. The summed E-state index contributed by atoms with van der Waals surface area (Å²) in [5.74, 6) is 0.520. The van der Waals surface area contributed by atoms with E-state index in [1.165, 1.54) is 11.3 Å². The average Bonchev–Trinajstić information content (AvgIpc) is 2.30. The maximum absolute atomic E-state index is 4.45. The molecule has 0 spiro atoms. The number of rotatable bonds is 0. The highest BCUT2D eigenvalue weighted by Gasteiger charge is 2.18. The van der Waals surface area contributed by atoms with Gasteiger partial charge in [-0.25, -0.2) is 0 Å². The molecule has 0 amide bonds. The topological polar surface area (TPSA) is 12.4 Å². The van der Waals surface area contributed by atoms with Crippen LogP contribution in [0.25, 0.3) is 0 Å². The van der Waals surface area contributed by atoms with Gasteiger partial charge in [0.05, 0.1) is 5.69 Å². The monoisotopic (exact) mass is 145 g/mol. The van der Waals surface area contributed by atoms with Crippen LogP contribution < -0.4 is 0 Å². The predicted octanol–water partition coefficient (Wildman–Crippen LogP) is 2.90. The van der Waals surface area contributed by atoms with Gasteiger partial charge in [-0.3, -0.25) is 4.99 Å². The second-order valence-electron chi connectivity index (χ2n) is 3.03. The first-order valence-corrected chi connectivity index (χ1v) is 3.93. The Labute approximate surface area is 66.8 Å². The average molecular weight is 145 g/mol. The summed E-state index contributed by atoms with van der Waals surface area (Å²) < 4.78 is 0. The van der Waals surface area contributed by atoms with E-state index in [9.17, 15) is 0 Å². The van der Waals surface area contributed by atoms with Crippen molar-refractivity contribution in [3.63, 3.8) is 0 Å². The molecule has 0 radical (unpaired) electrons. The van der Waals surface area contributed by atoms with Crippen LogP contribution in [0.3, 0.4) is 0 Å². The summed E-state index contributed by atoms with van der Waals surface area (Å²) in [4.78, 5) is 4.45. The normalized spacial score (nSPS) is 21.3. The van der Waals surface area contributed by atoms with Gasteiger partial charge in [-0.1, -0.05) is 25.1 Å². The Morgan fingerprint density at radius 1 is 1.27 bits per heavy atom. The molecule has 0 N–H and O–H groups in total. The Hall–Kier alpha value is -1.11. The van der Waals surface area contributed by atoms with Crippen LogP contribution in [0.2, 0.25) is 0 Å². The highest BCUT2D eigenvalue weighted by atomic mass is 14.8. The molecule has 56 valence electrons. The van der Waals surface area contributed by atoms with Gasteiger partial charge in [-0.2, -0.15) is 0 Å². The number of fused-ring (bicyclic) bond motifs is 1. The summed E-state index contributed by atoms with van der Waals surface area (Å²) in [6.45, 7) is 4.29. The van der Waals surface area contributed by atoms with Crippen LogP contribution in [0.15, 0.2) is 29.3 Å². The molecule has 1 heteroatoms. The lowest BCUT2D eigenvalue weighted by atomic mass is 9.99. The van der Waals surface area contributed by atoms with Crippen molar-refractivity contribution in [1.29, 1.82) is 0 Å². The zero-order valence-corrected chi connectivity index (χ0v) is 6.83. The third-order valence-electron chi connectivity index (χ3n) is 2.33. The summed E-state index contributed by atoms with van der Waals surface area (Å²) in [6.07, 6.45) is 0. The summed E-state index contributed by atoms with van der Waals surface area (Å²) in [7, 11) is 0. The van der Waals surface area contributed by atoms with Crippen LogP contribution in [-0.4, -0.2) is 5.71 Å². The molecule has 1 atom stereocenters. The number of hydrogen-bond donors (Lipinski definition) is 0. The smallest absolute Gasteiger partial charge is 0.0667 e. The van der Waals surface area contributed by atoms with Gasteiger partial charge in [0.25, 0.3) is 0 Å². The molecule has 2 rings (SSSR count). The van der Waals surface area contributed by atoms with Crippen molar-refractivity contribution in [2.24, 2.45) is 4.99 Å². The largest absolute Gasteiger partial charge is 0.257 e. The molecule has 11 heavy (non-hydrogen) atoms. The summed E-state index contributed by atoms with van der Waals surface area (Å²) >= 11 is 0. The minimum atomic E-state index is 0.520. The molecule has 0 bridgehead atoms. The Balaban J connectivity index is 2.58. The third kappa shape index (κ3) is 0.881. The van der Waals surface area contributed by atoms with E-state index >= 15 is 0 Å². The van der Waals surface area contributed by atoms with Gasteiger partial charge in [-0.05, 0) is 18.6 Å². The molecular formula is C10H11N. The second kappa shape index (κ2) is 2.19. The second-order valence-corrected chi connectivity index (χ2v) is 3.03. The third-order valence-corrected chi connectivity index (χ3v) is 2.33. The van der Waals surface area contributed by atoms with Gasteiger partial charge in [0.2, 0.25) is 0 Å². The van der Waals surface area contributed by atoms with E-state index in [4.69, 9.17) is 0 Å². The molecular weight excluding hydrogens is 134 g/mol. The van der Waals surface area contributed by atoms with Gasteiger partial charge in [-0.15, -0.1) is 0 Å². The highest BCUT2D eigenvalue weighted by molar-refractivity contribution is 5.95. The van der Waals surface area contributed by atoms with Crippen LogP contribution in [0, 0.1) is 0 Å². The summed E-state index contributed by atoms with van der Waals surface area (Å²) in [6, 6.07) is 8.33. The van der Waals surface area contributed by atoms with Crippen LogP contribution in [0.4, 0.5) is 5.69 Å². The first kappa shape index (κ1) is 6.59. The van der Waals surface area contributed by atoms with Gasteiger partial charge in [0.1, 0.15) is 0 Å². The van der Waals surface area contributed by atoms with Crippen LogP contribution in [0.1, 0.15) is 25.3 Å². The van der Waals surface area contributed by atoms with Gasteiger partial charge in [0.15, 0.2) is 0 Å². The molecule has 1 nitrogen and oxygen atoms in total. The van der Waals surface area contributed by atoms with E-state index in [1.807, 2.05) is 6.07 Å². The number of aliphatic imine (C=N–C) groups is 1. The SMILES string of the molecule is CC1=Nc2ccccc2[C@@H]1C. The lowest BCUT2D eigenvalue weighted by molar-refractivity contribution is 1.05. The van der Waals surface area contributed by atoms with Crippen molar-refractivity contribution in [1.82, 2.24) is 0 Å². The maximum atomic E-state index is 4.45. The van der Waals surface area contributed by atoms with Crippen molar-refractivity contribution in [3.8, 4) is 0 Å². The molecule has 1 heterocycles. The van der Waals surface area contributed by atoms with Crippen LogP contribution in [0.5, 0.6) is 0 Å². The first-order valence-electron chi connectivity index (χ1n) is 3.93. The fourth-order valence-corrected chi connectivity index (χ4v) is 1.47. The van der Waals surface area contributed by atoms with E-state index < -0.39 is 0 Å². The molecule has 1 aromatic rings. The van der Waals surface area contributed by atoms with Gasteiger partial charge in [0, 0.05) is 11.6 Å². The van der Waals surface area contributed by atoms with Crippen molar-refractivity contribution < 1.29 is 0 Å². The number of hydrogen-bond acceptors (Lipinski definition) is 1. The lowest BCUT2D eigenvalue weighted by Gasteiger charge is -2.02. The minimum absolute atomic E-state index is 0.520. The van der Waals surface area contributed by atoms with Crippen LogP contribution >= 0.6 is 0 Å². The fraction of sp³-hybridized carbons (Fsp3) is 0.300. The molecule has 0 saturated heterocycles. The lowest BCUT2D eigenvalue weighted by Crippen LogP contribution is -1.97. The summed E-state index contributed by atoms with van der Waals surface area (Å²) in [5.41, 5.74) is 3.74. The molecule has 1 aromatic carbocycles. The van der Waals surface area contributed by atoms with Crippen molar-refractivity contribution in [2.75, 3.05) is 0 Å². The van der Waals surface area contributed by atoms with Crippen LogP contribution in [-0.2, 0) is 0 Å². The number of benzene rings is 1. The van der Waals surface area contributed by atoms with Gasteiger partial charge < -0.3 is 0 Å². The van der Waals surface area contributed by atoms with Gasteiger partial charge >= 0.3 is 0 Å². The zero-order valence-electron chi connectivity index (χ0n) is 6.83. The van der Waals surface area contributed by atoms with E-state index in [0.717, 1.165) is 5.69 Å². The van der Waals surface area contributed by atoms with Crippen molar-refractivity contribution in [2.45, 2.75) is 19.8 Å². The van der Waals surface area contributed by atoms with E-state index in [1.54, 1.807) is 0 Å². The molecule has 1 aliphatic rings. The fourth-order valence-electron chi connectivity index (χ4n) is 1.47. The quantitative estimate of drug-likeness (QED) is 0.532. The first-order chi connectivity index (χ1) is 5.29. The molecule has 0 fully saturated rings. The standard InChI is InChI=1S/C10H11N/c1-7-8(2)11-10-6-4-3-5-9(7)10/h3-7H,1-2H3/t7-/m1/s1.